The average molecular weight is 475 g/mol. The van der Waals surface area contributed by atoms with E-state index >= 15 is 0 Å². The van der Waals surface area contributed by atoms with Crippen molar-refractivity contribution in [2.75, 3.05) is 36.4 Å². The summed E-state index contributed by atoms with van der Waals surface area (Å²) < 4.78 is 1.76. The number of aromatic nitrogens is 3. The molecule has 2 unspecified atom stereocenters. The quantitative estimate of drug-likeness (QED) is 0.521. The van der Waals surface area contributed by atoms with Crippen molar-refractivity contribution >= 4 is 28.6 Å². The predicted octanol–water partition coefficient (Wildman–Crippen LogP) is 4.02. The van der Waals surface area contributed by atoms with Crippen molar-refractivity contribution in [3.05, 3.63) is 71.2 Å². The Morgan fingerprint density at radius 1 is 1.03 bits per heavy atom. The van der Waals surface area contributed by atoms with Crippen LogP contribution in [0.1, 0.15) is 45.3 Å². The number of piperazine rings is 1. The third kappa shape index (κ3) is 5.21. The van der Waals surface area contributed by atoms with Crippen molar-refractivity contribution in [2.24, 2.45) is 5.92 Å². The van der Waals surface area contributed by atoms with Gasteiger partial charge in [0, 0.05) is 55.6 Å². The Labute approximate surface area is 206 Å². The molecule has 0 radical (unpaired) electrons. The van der Waals surface area contributed by atoms with Gasteiger partial charge in [0.05, 0.1) is 6.04 Å². The summed E-state index contributed by atoms with van der Waals surface area (Å²) in [7, 11) is 0. The molecule has 3 heterocycles. The minimum absolute atomic E-state index is 0.00790. The molecule has 1 N–H and O–H groups in total. The van der Waals surface area contributed by atoms with Crippen LogP contribution in [0.4, 0.5) is 11.6 Å². The van der Waals surface area contributed by atoms with Gasteiger partial charge in [0.1, 0.15) is 5.65 Å². The van der Waals surface area contributed by atoms with Crippen molar-refractivity contribution in [3.8, 4) is 0 Å². The zero-order valence-corrected chi connectivity index (χ0v) is 20.9. The van der Waals surface area contributed by atoms with Gasteiger partial charge >= 0.3 is 0 Å². The summed E-state index contributed by atoms with van der Waals surface area (Å²) in [6.07, 6.45) is 3.14. The number of fused-ring (bicyclic) bond motifs is 1. The van der Waals surface area contributed by atoms with Crippen LogP contribution in [0, 0.1) is 5.92 Å². The molecule has 184 valence electrons. The van der Waals surface area contributed by atoms with E-state index < -0.39 is 0 Å². The lowest BCUT2D eigenvalue weighted by Crippen LogP contribution is -2.48. The van der Waals surface area contributed by atoms with E-state index in [0.29, 0.717) is 30.6 Å². The first-order chi connectivity index (χ1) is 16.8. The van der Waals surface area contributed by atoms with Gasteiger partial charge in [-0.1, -0.05) is 32.6 Å². The number of carbonyl (C=O) groups excluding carboxylic acids is 1. The van der Waals surface area contributed by atoms with Gasteiger partial charge in [-0.25, -0.2) is 4.98 Å². The van der Waals surface area contributed by atoms with Gasteiger partial charge in [-0.2, -0.15) is 4.98 Å². The van der Waals surface area contributed by atoms with Gasteiger partial charge in [-0.05, 0) is 49.6 Å². The summed E-state index contributed by atoms with van der Waals surface area (Å²) >= 11 is 0. The first-order valence-electron chi connectivity index (χ1n) is 12.2. The van der Waals surface area contributed by atoms with Crippen LogP contribution in [0.15, 0.2) is 60.0 Å². The Bertz CT molecular complexity index is 1260. The summed E-state index contributed by atoms with van der Waals surface area (Å²) in [6, 6.07) is 11.8. The fourth-order valence-corrected chi connectivity index (χ4v) is 4.36. The molecule has 4 rings (SSSR count). The number of hydrogen-bond acceptors (Lipinski definition) is 6. The highest BCUT2D eigenvalue weighted by Gasteiger charge is 2.20. The minimum Gasteiger partial charge on any atom is -0.368 e. The molecule has 3 aromatic rings. The second kappa shape index (κ2) is 10.3. The van der Waals surface area contributed by atoms with E-state index in [0.717, 1.165) is 29.7 Å². The van der Waals surface area contributed by atoms with E-state index in [1.54, 1.807) is 22.9 Å². The van der Waals surface area contributed by atoms with Gasteiger partial charge in [0.2, 0.25) is 11.9 Å². The highest BCUT2D eigenvalue weighted by molar-refractivity contribution is 5.87. The zero-order valence-electron chi connectivity index (χ0n) is 20.9. The molecule has 1 saturated heterocycles. The summed E-state index contributed by atoms with van der Waals surface area (Å²) in [5.74, 6) is 0.784. The molecule has 8 nitrogen and oxygen atoms in total. The number of carbonyl (C=O) groups is 1. The van der Waals surface area contributed by atoms with Gasteiger partial charge < -0.3 is 15.1 Å². The smallest absolute Gasteiger partial charge is 0.252 e. The van der Waals surface area contributed by atoms with E-state index in [4.69, 9.17) is 4.98 Å². The Hall–Kier alpha value is -3.68. The van der Waals surface area contributed by atoms with Gasteiger partial charge in [-0.3, -0.25) is 14.2 Å². The maximum Gasteiger partial charge on any atom is 0.252 e. The van der Waals surface area contributed by atoms with E-state index in [1.165, 1.54) is 6.08 Å². The molecule has 2 atom stereocenters. The van der Waals surface area contributed by atoms with Gasteiger partial charge in [0.25, 0.3) is 5.56 Å². The standard InChI is InChI=1S/C27H34N6O2/c1-6-24(34)32-15-13-31(14-16-32)23-10-7-21(8-11-23)19(4)29-27-28-17-22-9-12-25(35)33(26(22)30-27)20(5)18(2)3/h6-12,17-20H,1,13-16H2,2-5H3,(H,28,29,30). The number of pyridine rings is 1. The molecular weight excluding hydrogens is 440 g/mol. The normalized spacial score (nSPS) is 15.8. The van der Waals surface area contributed by atoms with Crippen LogP contribution in [0.5, 0.6) is 0 Å². The third-order valence-electron chi connectivity index (χ3n) is 6.91. The topological polar surface area (TPSA) is 83.4 Å². The number of nitrogens with one attached hydrogen (secondary N) is 1. The lowest BCUT2D eigenvalue weighted by molar-refractivity contribution is -0.126. The van der Waals surface area contributed by atoms with Crippen LogP contribution in [0.2, 0.25) is 0 Å². The lowest BCUT2D eigenvalue weighted by Gasteiger charge is -2.35. The van der Waals surface area contributed by atoms with Crippen molar-refractivity contribution in [3.63, 3.8) is 0 Å². The molecule has 1 aliphatic rings. The van der Waals surface area contributed by atoms with Crippen LogP contribution < -0.4 is 15.8 Å². The third-order valence-corrected chi connectivity index (χ3v) is 6.91. The maximum atomic E-state index is 12.6. The van der Waals surface area contributed by atoms with E-state index in [2.05, 4.69) is 66.8 Å². The Balaban J connectivity index is 1.48. The second-order valence-corrected chi connectivity index (χ2v) is 9.47. The Kier molecular flexibility index (Phi) is 7.19. The molecule has 1 fully saturated rings. The average Bonchev–Trinajstić information content (AvgIpc) is 2.88. The summed E-state index contributed by atoms with van der Waals surface area (Å²) in [5.41, 5.74) is 2.84. The molecule has 0 spiro atoms. The summed E-state index contributed by atoms with van der Waals surface area (Å²) in [6.45, 7) is 14.9. The van der Waals surface area contributed by atoms with Crippen molar-refractivity contribution in [1.82, 2.24) is 19.4 Å². The highest BCUT2D eigenvalue weighted by Crippen LogP contribution is 2.24. The van der Waals surface area contributed by atoms with Crippen molar-refractivity contribution in [2.45, 2.75) is 39.8 Å². The van der Waals surface area contributed by atoms with Crippen molar-refractivity contribution in [1.29, 1.82) is 0 Å². The first-order valence-corrected chi connectivity index (χ1v) is 12.2. The van der Waals surface area contributed by atoms with Gasteiger partial charge in [0.15, 0.2) is 0 Å². The fraction of sp³-hybridized carbons (Fsp3) is 0.407. The molecule has 1 aliphatic heterocycles. The molecule has 1 aromatic carbocycles. The lowest BCUT2D eigenvalue weighted by atomic mass is 10.1. The first kappa shape index (κ1) is 24.4. The SMILES string of the molecule is C=CC(=O)N1CCN(c2ccc(C(C)Nc3ncc4ccc(=O)n(C(C)C(C)C)c4n3)cc2)CC1. The number of amides is 1. The van der Waals surface area contributed by atoms with Crippen LogP contribution in [0.25, 0.3) is 11.0 Å². The summed E-state index contributed by atoms with van der Waals surface area (Å²) in [4.78, 5) is 37.7. The number of nitrogens with zero attached hydrogens (tertiary/aromatic N) is 5. The molecule has 35 heavy (non-hydrogen) atoms. The minimum atomic E-state index is -0.0540. The van der Waals surface area contributed by atoms with Gasteiger partial charge in [-0.15, -0.1) is 0 Å². The van der Waals surface area contributed by atoms with Crippen LogP contribution in [-0.2, 0) is 4.79 Å². The molecule has 0 aliphatic carbocycles. The maximum absolute atomic E-state index is 12.6. The van der Waals surface area contributed by atoms with Crippen LogP contribution in [-0.4, -0.2) is 51.5 Å². The van der Waals surface area contributed by atoms with Crippen LogP contribution >= 0.6 is 0 Å². The second-order valence-electron chi connectivity index (χ2n) is 9.47. The molecule has 2 aromatic heterocycles. The predicted molar refractivity (Wildman–Crippen MR) is 141 cm³/mol. The fourth-order valence-electron chi connectivity index (χ4n) is 4.36. The Morgan fingerprint density at radius 3 is 2.34 bits per heavy atom. The Morgan fingerprint density at radius 2 is 1.71 bits per heavy atom. The number of rotatable bonds is 7. The van der Waals surface area contributed by atoms with Crippen LogP contribution in [0.3, 0.4) is 0 Å². The van der Waals surface area contributed by atoms with E-state index in [9.17, 15) is 9.59 Å². The highest BCUT2D eigenvalue weighted by atomic mass is 16.2. The largest absolute Gasteiger partial charge is 0.368 e. The molecule has 0 saturated carbocycles. The van der Waals surface area contributed by atoms with E-state index in [-0.39, 0.29) is 23.6 Å². The summed E-state index contributed by atoms with van der Waals surface area (Å²) in [5, 5.41) is 4.23. The molecule has 1 amide bonds. The molecule has 8 heteroatoms. The molecular formula is C27H34N6O2. The molecule has 0 bridgehead atoms. The number of anilines is 2. The number of benzene rings is 1. The van der Waals surface area contributed by atoms with E-state index in [1.807, 2.05) is 11.8 Å². The number of hydrogen-bond donors (Lipinski definition) is 1. The zero-order chi connectivity index (χ0) is 25.1. The van der Waals surface area contributed by atoms with Crippen molar-refractivity contribution < 1.29 is 4.79 Å². The monoisotopic (exact) mass is 474 g/mol.